The summed E-state index contributed by atoms with van der Waals surface area (Å²) in [6, 6.07) is 4.62. The Morgan fingerprint density at radius 1 is 1.14 bits per heavy atom. The lowest BCUT2D eigenvalue weighted by Gasteiger charge is -2.32. The Hall–Kier alpha value is -1.47. The summed E-state index contributed by atoms with van der Waals surface area (Å²) in [5.74, 6) is -0.653. The molecule has 1 aliphatic carbocycles. The first-order valence-electron chi connectivity index (χ1n) is 7.00. The third kappa shape index (κ3) is 3.59. The van der Waals surface area contributed by atoms with Crippen molar-refractivity contribution in [2.75, 3.05) is 0 Å². The Morgan fingerprint density at radius 3 is 2.14 bits per heavy atom. The average molecular weight is 313 g/mol. The van der Waals surface area contributed by atoms with Crippen LogP contribution in [0.4, 0.5) is 4.39 Å². The van der Waals surface area contributed by atoms with Crippen LogP contribution in [0, 0.1) is 11.2 Å². The molecule has 0 bridgehead atoms. The van der Waals surface area contributed by atoms with E-state index in [-0.39, 0.29) is 10.7 Å². The van der Waals surface area contributed by atoms with Crippen molar-refractivity contribution < 1.29 is 12.8 Å². The maximum atomic E-state index is 12.9. The molecule has 1 aromatic rings. The zero-order valence-corrected chi connectivity index (χ0v) is 12.5. The molecule has 116 valence electrons. The monoisotopic (exact) mass is 313 g/mol. The van der Waals surface area contributed by atoms with Crippen molar-refractivity contribution in [3.8, 4) is 0 Å². The minimum atomic E-state index is -3.83. The number of nitrogens with two attached hydrogens (primary N) is 1. The quantitative estimate of drug-likeness (QED) is 0.451. The number of nitrogens with one attached hydrogen (secondary N) is 2. The van der Waals surface area contributed by atoms with E-state index in [0.29, 0.717) is 12.8 Å². The Bertz CT molecular complexity index is 606. The van der Waals surface area contributed by atoms with Crippen LogP contribution < -0.4 is 10.5 Å². The van der Waals surface area contributed by atoms with Gasteiger partial charge >= 0.3 is 0 Å². The molecular weight excluding hydrogens is 293 g/mol. The topological polar surface area (TPSA) is 96.0 Å². The summed E-state index contributed by atoms with van der Waals surface area (Å²) < 4.78 is 40.4. The van der Waals surface area contributed by atoms with Gasteiger partial charge < -0.3 is 5.73 Å². The summed E-state index contributed by atoms with van der Waals surface area (Å²) in [4.78, 5) is -0.0197. The van der Waals surface area contributed by atoms with Gasteiger partial charge in [0.05, 0.1) is 10.4 Å². The number of rotatable bonds is 4. The van der Waals surface area contributed by atoms with Crippen LogP contribution in [0.25, 0.3) is 0 Å². The summed E-state index contributed by atoms with van der Waals surface area (Å²) >= 11 is 0. The first kappa shape index (κ1) is 15.9. The highest BCUT2D eigenvalue weighted by Crippen LogP contribution is 2.29. The van der Waals surface area contributed by atoms with Crippen LogP contribution in [0.15, 0.2) is 29.2 Å². The summed E-state index contributed by atoms with van der Waals surface area (Å²) in [5.41, 5.74) is 4.65. The Morgan fingerprint density at radius 2 is 1.67 bits per heavy atom. The molecule has 0 radical (unpaired) electrons. The second kappa shape index (κ2) is 6.11. The van der Waals surface area contributed by atoms with Gasteiger partial charge in [0.1, 0.15) is 11.7 Å². The molecule has 4 N–H and O–H groups in total. The standard InChI is InChI=1S/C14H20FN3O2S/c15-11-5-7-12(8-6-11)21(19,20)18-14(13(16)17)9-3-1-2-4-10-14/h5-8,18H,1-4,9-10H2,(H3,16,17). The number of halogens is 1. The Kier molecular flexibility index (Phi) is 4.63. The lowest BCUT2D eigenvalue weighted by molar-refractivity contribution is 0.434. The van der Waals surface area contributed by atoms with E-state index >= 15 is 0 Å². The molecule has 0 atom stereocenters. The molecule has 1 aromatic carbocycles. The smallest absolute Gasteiger partial charge is 0.241 e. The molecule has 0 amide bonds. The Balaban J connectivity index is 2.31. The van der Waals surface area contributed by atoms with E-state index in [1.165, 1.54) is 12.1 Å². The van der Waals surface area contributed by atoms with Crippen LogP contribution in [0.1, 0.15) is 38.5 Å². The zero-order valence-electron chi connectivity index (χ0n) is 11.7. The summed E-state index contributed by atoms with van der Waals surface area (Å²) in [7, 11) is -3.83. The van der Waals surface area contributed by atoms with Crippen LogP contribution in [-0.4, -0.2) is 19.8 Å². The van der Waals surface area contributed by atoms with E-state index in [0.717, 1.165) is 37.8 Å². The molecule has 0 spiro atoms. The van der Waals surface area contributed by atoms with Crippen LogP contribution in [0.2, 0.25) is 0 Å². The van der Waals surface area contributed by atoms with Gasteiger partial charge in [0.25, 0.3) is 0 Å². The molecule has 0 saturated heterocycles. The molecule has 0 heterocycles. The number of amidine groups is 1. The van der Waals surface area contributed by atoms with Gasteiger partial charge in [-0.15, -0.1) is 0 Å². The van der Waals surface area contributed by atoms with Crippen molar-refractivity contribution in [1.29, 1.82) is 5.41 Å². The van der Waals surface area contributed by atoms with Crippen molar-refractivity contribution in [3.63, 3.8) is 0 Å². The van der Waals surface area contributed by atoms with Crippen LogP contribution >= 0.6 is 0 Å². The first-order chi connectivity index (χ1) is 9.86. The van der Waals surface area contributed by atoms with Crippen LogP contribution in [-0.2, 0) is 10.0 Å². The molecule has 21 heavy (non-hydrogen) atoms. The highest BCUT2D eigenvalue weighted by molar-refractivity contribution is 7.89. The lowest BCUT2D eigenvalue weighted by atomic mass is 9.90. The third-order valence-electron chi connectivity index (χ3n) is 3.93. The van der Waals surface area contributed by atoms with Gasteiger partial charge in [0.15, 0.2) is 0 Å². The predicted octanol–water partition coefficient (Wildman–Crippen LogP) is 2.13. The number of hydrogen-bond acceptors (Lipinski definition) is 3. The van der Waals surface area contributed by atoms with Crippen molar-refractivity contribution in [2.45, 2.75) is 49.0 Å². The average Bonchev–Trinajstić information content (AvgIpc) is 2.65. The van der Waals surface area contributed by atoms with E-state index in [1.807, 2.05) is 0 Å². The molecule has 7 heteroatoms. The van der Waals surface area contributed by atoms with Gasteiger partial charge in [0, 0.05) is 0 Å². The number of hydrogen-bond donors (Lipinski definition) is 3. The van der Waals surface area contributed by atoms with Gasteiger partial charge in [-0.05, 0) is 37.1 Å². The highest BCUT2D eigenvalue weighted by atomic mass is 32.2. The lowest BCUT2D eigenvalue weighted by Crippen LogP contribution is -2.56. The summed E-state index contributed by atoms with van der Waals surface area (Å²) in [5, 5.41) is 7.80. The minimum absolute atomic E-state index is 0.0197. The van der Waals surface area contributed by atoms with E-state index in [1.54, 1.807) is 0 Å². The predicted molar refractivity (Wildman–Crippen MR) is 79.1 cm³/mol. The molecule has 0 aliphatic heterocycles. The molecule has 1 fully saturated rings. The molecule has 2 rings (SSSR count). The van der Waals surface area contributed by atoms with Gasteiger partial charge in [0.2, 0.25) is 10.0 Å². The van der Waals surface area contributed by atoms with Crippen molar-refractivity contribution in [2.24, 2.45) is 5.73 Å². The van der Waals surface area contributed by atoms with Crippen LogP contribution in [0.3, 0.4) is 0 Å². The normalized spacial score (nSPS) is 18.9. The van der Waals surface area contributed by atoms with Crippen molar-refractivity contribution >= 4 is 15.9 Å². The van der Waals surface area contributed by atoms with Gasteiger partial charge in [-0.1, -0.05) is 25.7 Å². The minimum Gasteiger partial charge on any atom is -0.386 e. The second-order valence-corrected chi connectivity index (χ2v) is 7.15. The van der Waals surface area contributed by atoms with Crippen molar-refractivity contribution in [3.05, 3.63) is 30.1 Å². The zero-order chi connectivity index (χ0) is 15.5. The SMILES string of the molecule is N=C(N)C1(NS(=O)(=O)c2ccc(F)cc2)CCCCCC1. The fourth-order valence-electron chi connectivity index (χ4n) is 2.69. The van der Waals surface area contributed by atoms with Crippen LogP contribution in [0.5, 0.6) is 0 Å². The summed E-state index contributed by atoms with van der Waals surface area (Å²) in [6.07, 6.45) is 4.70. The molecule has 1 aliphatic rings. The number of benzene rings is 1. The largest absolute Gasteiger partial charge is 0.386 e. The van der Waals surface area contributed by atoms with E-state index < -0.39 is 21.4 Å². The van der Waals surface area contributed by atoms with Gasteiger partial charge in [-0.25, -0.2) is 12.8 Å². The van der Waals surface area contributed by atoms with E-state index in [9.17, 15) is 12.8 Å². The van der Waals surface area contributed by atoms with Gasteiger partial charge in [-0.3, -0.25) is 5.41 Å². The van der Waals surface area contributed by atoms with E-state index in [4.69, 9.17) is 11.1 Å². The Labute approximate surface area is 124 Å². The maximum Gasteiger partial charge on any atom is 0.241 e. The number of sulfonamides is 1. The molecule has 0 unspecified atom stereocenters. The fourth-order valence-corrected chi connectivity index (χ4v) is 4.13. The molecule has 1 saturated carbocycles. The summed E-state index contributed by atoms with van der Waals surface area (Å²) in [6.45, 7) is 0. The maximum absolute atomic E-state index is 12.9. The molecular formula is C14H20FN3O2S. The highest BCUT2D eigenvalue weighted by Gasteiger charge is 2.38. The van der Waals surface area contributed by atoms with E-state index in [2.05, 4.69) is 4.72 Å². The van der Waals surface area contributed by atoms with Crippen molar-refractivity contribution in [1.82, 2.24) is 4.72 Å². The van der Waals surface area contributed by atoms with Gasteiger partial charge in [-0.2, -0.15) is 4.72 Å². The first-order valence-corrected chi connectivity index (χ1v) is 8.48. The molecule has 0 aromatic heterocycles. The third-order valence-corrected chi connectivity index (χ3v) is 5.48. The second-order valence-electron chi connectivity index (χ2n) is 5.47. The fraction of sp³-hybridized carbons (Fsp3) is 0.500. The molecule has 5 nitrogen and oxygen atoms in total.